The number of nitrogens with one attached hydrogen (secondary N) is 1. The molecule has 2 aromatic rings. The van der Waals surface area contributed by atoms with Gasteiger partial charge in [-0.05, 0) is 49.8 Å². The summed E-state index contributed by atoms with van der Waals surface area (Å²) in [7, 11) is 0. The van der Waals surface area contributed by atoms with Crippen molar-refractivity contribution in [2.75, 3.05) is 13.2 Å². The van der Waals surface area contributed by atoms with Crippen LogP contribution in [0.2, 0.25) is 0 Å². The molecule has 2 fully saturated rings. The fraction of sp³-hybridized carbons (Fsp3) is 0.458. The summed E-state index contributed by atoms with van der Waals surface area (Å²) in [5, 5.41) is 13.1. The lowest BCUT2D eigenvalue weighted by Crippen LogP contribution is -2.28. The van der Waals surface area contributed by atoms with Crippen molar-refractivity contribution in [1.29, 1.82) is 0 Å². The third kappa shape index (κ3) is 5.32. The van der Waals surface area contributed by atoms with E-state index in [0.29, 0.717) is 24.7 Å². The van der Waals surface area contributed by atoms with E-state index in [1.807, 2.05) is 18.2 Å². The summed E-state index contributed by atoms with van der Waals surface area (Å²) in [5.74, 6) is -0.272. The third-order valence-electron chi connectivity index (χ3n) is 5.75. The second kappa shape index (κ2) is 9.96. The molecular weight excluding hydrogens is 382 g/mol. The zero-order chi connectivity index (χ0) is 20.8. The molecule has 6 nitrogen and oxygen atoms in total. The Bertz CT molecular complexity index is 835. The number of hydrogen-bond acceptors (Lipinski definition) is 5. The number of aromatic carboxylic acids is 1. The molecule has 2 aliphatic rings. The zero-order valence-electron chi connectivity index (χ0n) is 17.1. The average Bonchev–Trinajstić information content (AvgIpc) is 3.43. The summed E-state index contributed by atoms with van der Waals surface area (Å²) in [5.41, 5.74) is 1.27. The van der Waals surface area contributed by atoms with Crippen LogP contribution in [-0.2, 0) is 11.3 Å². The summed E-state index contributed by atoms with van der Waals surface area (Å²) in [4.78, 5) is 11.9. The number of rotatable bonds is 9. The second-order valence-corrected chi connectivity index (χ2v) is 8.03. The molecule has 2 atom stereocenters. The van der Waals surface area contributed by atoms with Crippen molar-refractivity contribution in [2.24, 2.45) is 0 Å². The Labute approximate surface area is 177 Å². The Kier molecular flexibility index (Phi) is 6.87. The number of hydrogen-bond donors (Lipinski definition) is 2. The molecule has 1 heterocycles. The quantitative estimate of drug-likeness (QED) is 0.649. The first kappa shape index (κ1) is 20.7. The Morgan fingerprint density at radius 3 is 2.53 bits per heavy atom. The van der Waals surface area contributed by atoms with E-state index in [9.17, 15) is 9.90 Å². The molecule has 160 valence electrons. The highest BCUT2D eigenvalue weighted by Crippen LogP contribution is 2.32. The van der Waals surface area contributed by atoms with E-state index in [4.69, 9.17) is 14.2 Å². The van der Waals surface area contributed by atoms with Crippen molar-refractivity contribution in [1.82, 2.24) is 5.32 Å². The molecule has 1 saturated heterocycles. The maximum absolute atomic E-state index is 11.9. The average molecular weight is 411 g/mol. The van der Waals surface area contributed by atoms with E-state index in [2.05, 4.69) is 17.4 Å². The predicted molar refractivity (Wildman–Crippen MR) is 113 cm³/mol. The van der Waals surface area contributed by atoms with Gasteiger partial charge in [0.05, 0.1) is 18.8 Å². The SMILES string of the molecule is O=C(O)c1c(OC[C@H]2C[C@H](OCc3ccccc3)CN2)cccc1OC1CCCC1. The van der Waals surface area contributed by atoms with Crippen LogP contribution in [0.5, 0.6) is 11.5 Å². The summed E-state index contributed by atoms with van der Waals surface area (Å²) < 4.78 is 17.9. The first-order chi connectivity index (χ1) is 14.7. The van der Waals surface area contributed by atoms with Gasteiger partial charge in [0.25, 0.3) is 0 Å². The van der Waals surface area contributed by atoms with Gasteiger partial charge >= 0.3 is 5.97 Å². The van der Waals surface area contributed by atoms with Crippen LogP contribution in [-0.4, -0.2) is 42.5 Å². The number of carboxylic acids is 1. The minimum absolute atomic E-state index is 0.0948. The standard InChI is InChI=1S/C24H29NO5/c26-24(27)23-21(11-6-12-22(23)30-19-9-4-5-10-19)29-16-18-13-20(14-25-18)28-15-17-7-2-1-3-8-17/h1-3,6-8,11-12,18-20,25H,4-5,9-10,13-16H2,(H,26,27)/t18-,20+/m1/s1. The smallest absolute Gasteiger partial charge is 0.343 e. The summed E-state index contributed by atoms with van der Waals surface area (Å²) >= 11 is 0. The maximum Gasteiger partial charge on any atom is 0.343 e. The largest absolute Gasteiger partial charge is 0.491 e. The molecule has 2 N–H and O–H groups in total. The molecular formula is C24H29NO5. The molecule has 1 saturated carbocycles. The molecule has 2 aromatic carbocycles. The van der Waals surface area contributed by atoms with Gasteiger partial charge in [-0.1, -0.05) is 36.4 Å². The lowest BCUT2D eigenvalue weighted by Gasteiger charge is -2.18. The summed E-state index contributed by atoms with van der Waals surface area (Å²) in [6.45, 7) is 1.74. The number of carbonyl (C=O) groups is 1. The summed E-state index contributed by atoms with van der Waals surface area (Å²) in [6.07, 6.45) is 5.25. The number of ether oxygens (including phenoxy) is 3. The Morgan fingerprint density at radius 2 is 1.77 bits per heavy atom. The normalized spacial score (nSPS) is 21.6. The highest BCUT2D eigenvalue weighted by molar-refractivity contribution is 5.94. The van der Waals surface area contributed by atoms with Crippen molar-refractivity contribution in [3.63, 3.8) is 0 Å². The maximum atomic E-state index is 11.9. The van der Waals surface area contributed by atoms with E-state index >= 15 is 0 Å². The zero-order valence-corrected chi connectivity index (χ0v) is 17.1. The van der Waals surface area contributed by atoms with E-state index in [-0.39, 0.29) is 23.8 Å². The van der Waals surface area contributed by atoms with Crippen LogP contribution in [0, 0.1) is 0 Å². The number of benzene rings is 2. The van der Waals surface area contributed by atoms with Crippen molar-refractivity contribution in [3.05, 3.63) is 59.7 Å². The lowest BCUT2D eigenvalue weighted by atomic mass is 10.1. The molecule has 0 unspecified atom stereocenters. The molecule has 0 amide bonds. The van der Waals surface area contributed by atoms with Crippen LogP contribution in [0.25, 0.3) is 0 Å². The van der Waals surface area contributed by atoms with E-state index in [0.717, 1.165) is 44.2 Å². The minimum atomic E-state index is -1.03. The van der Waals surface area contributed by atoms with Crippen LogP contribution in [0.3, 0.4) is 0 Å². The Hall–Kier alpha value is -2.57. The van der Waals surface area contributed by atoms with Crippen molar-refractivity contribution in [2.45, 2.75) is 57.0 Å². The first-order valence-corrected chi connectivity index (χ1v) is 10.7. The van der Waals surface area contributed by atoms with Crippen LogP contribution >= 0.6 is 0 Å². The van der Waals surface area contributed by atoms with Gasteiger partial charge in [-0.15, -0.1) is 0 Å². The molecule has 1 aliphatic carbocycles. The number of carboxylic acid groups (broad SMARTS) is 1. The Balaban J connectivity index is 1.31. The van der Waals surface area contributed by atoms with Gasteiger partial charge in [0.15, 0.2) is 0 Å². The van der Waals surface area contributed by atoms with Gasteiger partial charge in [0.1, 0.15) is 23.7 Å². The lowest BCUT2D eigenvalue weighted by molar-refractivity contribution is 0.0514. The summed E-state index contributed by atoms with van der Waals surface area (Å²) in [6, 6.07) is 15.4. The van der Waals surface area contributed by atoms with Gasteiger partial charge in [-0.2, -0.15) is 0 Å². The Morgan fingerprint density at radius 1 is 1.00 bits per heavy atom. The molecule has 30 heavy (non-hydrogen) atoms. The molecule has 1 aliphatic heterocycles. The fourth-order valence-electron chi connectivity index (χ4n) is 4.14. The van der Waals surface area contributed by atoms with Crippen LogP contribution in [0.15, 0.2) is 48.5 Å². The van der Waals surface area contributed by atoms with Gasteiger partial charge in [-0.3, -0.25) is 0 Å². The predicted octanol–water partition coefficient (Wildman–Crippen LogP) is 4.03. The van der Waals surface area contributed by atoms with Crippen LogP contribution < -0.4 is 14.8 Å². The molecule has 0 spiro atoms. The van der Waals surface area contributed by atoms with Crippen molar-refractivity contribution in [3.8, 4) is 11.5 Å². The minimum Gasteiger partial charge on any atom is -0.491 e. The third-order valence-corrected chi connectivity index (χ3v) is 5.75. The van der Waals surface area contributed by atoms with Crippen molar-refractivity contribution < 1.29 is 24.1 Å². The highest BCUT2D eigenvalue weighted by atomic mass is 16.5. The van der Waals surface area contributed by atoms with Gasteiger partial charge in [-0.25, -0.2) is 4.79 Å². The van der Waals surface area contributed by atoms with E-state index in [1.165, 1.54) is 0 Å². The van der Waals surface area contributed by atoms with E-state index < -0.39 is 5.97 Å². The van der Waals surface area contributed by atoms with Crippen molar-refractivity contribution >= 4 is 5.97 Å². The van der Waals surface area contributed by atoms with Gasteiger partial charge in [0, 0.05) is 12.6 Å². The molecule has 0 bridgehead atoms. The van der Waals surface area contributed by atoms with Gasteiger partial charge < -0.3 is 24.6 Å². The second-order valence-electron chi connectivity index (χ2n) is 8.03. The van der Waals surface area contributed by atoms with E-state index in [1.54, 1.807) is 18.2 Å². The van der Waals surface area contributed by atoms with Crippen LogP contribution in [0.4, 0.5) is 0 Å². The van der Waals surface area contributed by atoms with Gasteiger partial charge in [0.2, 0.25) is 0 Å². The topological polar surface area (TPSA) is 77.0 Å². The van der Waals surface area contributed by atoms with Crippen LogP contribution in [0.1, 0.15) is 48.0 Å². The molecule has 4 rings (SSSR count). The molecule has 0 radical (unpaired) electrons. The molecule has 6 heteroatoms. The first-order valence-electron chi connectivity index (χ1n) is 10.7. The monoisotopic (exact) mass is 411 g/mol. The molecule has 0 aromatic heterocycles. The highest BCUT2D eigenvalue weighted by Gasteiger charge is 2.27. The fourth-order valence-corrected chi connectivity index (χ4v) is 4.14.